The third-order valence-corrected chi connectivity index (χ3v) is 7.25. The van der Waals surface area contributed by atoms with E-state index in [9.17, 15) is 9.59 Å². The molecule has 2 aliphatic rings. The largest absolute Gasteiger partial charge is 0.358 e. The van der Waals surface area contributed by atoms with Crippen LogP contribution in [0.15, 0.2) is 72.8 Å². The molecule has 3 aromatic carbocycles. The zero-order chi connectivity index (χ0) is 23.6. The molecule has 0 radical (unpaired) electrons. The number of anilines is 2. The summed E-state index contributed by atoms with van der Waals surface area (Å²) in [6, 6.07) is 22.3. The van der Waals surface area contributed by atoms with Gasteiger partial charge in [-0.3, -0.25) is 14.4 Å². The van der Waals surface area contributed by atoms with Gasteiger partial charge in [0, 0.05) is 27.2 Å². The molecule has 1 N–H and O–H groups in total. The van der Waals surface area contributed by atoms with Crippen LogP contribution in [-0.2, 0) is 14.4 Å². The molecule has 0 unspecified atom stereocenters. The van der Waals surface area contributed by atoms with Crippen LogP contribution in [0.5, 0.6) is 0 Å². The first-order valence-corrected chi connectivity index (χ1v) is 11.6. The topological polar surface area (TPSA) is 65.6 Å². The molecular formula is C27H22ClN3O3. The van der Waals surface area contributed by atoms with Crippen molar-refractivity contribution in [2.24, 2.45) is 5.92 Å². The summed E-state index contributed by atoms with van der Waals surface area (Å²) in [5, 5.41) is 3.24. The van der Waals surface area contributed by atoms with Crippen LogP contribution in [0.1, 0.15) is 22.9 Å². The van der Waals surface area contributed by atoms with Crippen molar-refractivity contribution in [3.63, 3.8) is 0 Å². The van der Waals surface area contributed by atoms with E-state index < -0.39 is 18.1 Å². The summed E-state index contributed by atoms with van der Waals surface area (Å²) in [5.74, 6) is -1.36. The summed E-state index contributed by atoms with van der Waals surface area (Å²) in [6.07, 6.45) is -0.927. The fourth-order valence-electron chi connectivity index (χ4n) is 5.26. The molecule has 2 fully saturated rings. The summed E-state index contributed by atoms with van der Waals surface area (Å²) in [5.41, 5.74) is 4.85. The summed E-state index contributed by atoms with van der Waals surface area (Å²) in [7, 11) is 0. The number of halogens is 1. The minimum atomic E-state index is -0.927. The smallest absolute Gasteiger partial charge is 0.266 e. The Morgan fingerprint density at radius 3 is 2.41 bits per heavy atom. The Balaban J connectivity index is 1.53. The number of carbonyl (C=O) groups excluding carboxylic acids is 2. The molecule has 3 heterocycles. The number of H-pyrrole nitrogens is 1. The Morgan fingerprint density at radius 1 is 0.882 bits per heavy atom. The van der Waals surface area contributed by atoms with Gasteiger partial charge in [0.1, 0.15) is 5.92 Å². The molecule has 2 saturated heterocycles. The molecule has 2 aliphatic heterocycles. The van der Waals surface area contributed by atoms with Crippen molar-refractivity contribution in [2.45, 2.75) is 26.0 Å². The zero-order valence-electron chi connectivity index (χ0n) is 18.7. The zero-order valence-corrected chi connectivity index (χ0v) is 19.4. The van der Waals surface area contributed by atoms with Crippen molar-refractivity contribution in [1.29, 1.82) is 0 Å². The number of carbonyl (C=O) groups is 2. The van der Waals surface area contributed by atoms with E-state index in [0.29, 0.717) is 16.3 Å². The molecule has 170 valence electrons. The van der Waals surface area contributed by atoms with Gasteiger partial charge >= 0.3 is 0 Å². The van der Waals surface area contributed by atoms with Gasteiger partial charge in [-0.1, -0.05) is 54.1 Å². The number of rotatable bonds is 3. The monoisotopic (exact) mass is 471 g/mol. The fraction of sp³-hybridized carbons (Fsp3) is 0.185. The van der Waals surface area contributed by atoms with E-state index in [2.05, 4.69) is 4.98 Å². The fourth-order valence-corrected chi connectivity index (χ4v) is 5.43. The van der Waals surface area contributed by atoms with E-state index >= 15 is 0 Å². The number of hydrogen-bond acceptors (Lipinski definition) is 4. The lowest BCUT2D eigenvalue weighted by Gasteiger charge is -2.29. The van der Waals surface area contributed by atoms with Gasteiger partial charge in [-0.05, 0) is 49.7 Å². The quantitative estimate of drug-likeness (QED) is 0.401. The highest BCUT2D eigenvalue weighted by atomic mass is 35.5. The molecule has 0 saturated carbocycles. The van der Waals surface area contributed by atoms with Crippen molar-refractivity contribution >= 4 is 45.7 Å². The molecule has 3 atom stereocenters. The minimum absolute atomic E-state index is 0.284. The minimum Gasteiger partial charge on any atom is -0.358 e. The van der Waals surface area contributed by atoms with Gasteiger partial charge in [-0.25, -0.2) is 9.96 Å². The van der Waals surface area contributed by atoms with Crippen LogP contribution in [0, 0.1) is 19.8 Å². The molecule has 0 bridgehead atoms. The van der Waals surface area contributed by atoms with Crippen molar-refractivity contribution < 1.29 is 14.4 Å². The second-order valence-corrected chi connectivity index (χ2v) is 9.17. The lowest BCUT2D eigenvalue weighted by Crippen LogP contribution is -2.37. The van der Waals surface area contributed by atoms with E-state index in [1.54, 1.807) is 23.3 Å². The Hall–Kier alpha value is -3.61. The third-order valence-electron chi connectivity index (χ3n) is 6.85. The van der Waals surface area contributed by atoms with E-state index in [-0.39, 0.29) is 11.8 Å². The van der Waals surface area contributed by atoms with Crippen LogP contribution in [-0.4, -0.2) is 22.9 Å². The number of hydroxylamine groups is 1. The second kappa shape index (κ2) is 7.72. The molecule has 7 heteroatoms. The number of aromatic nitrogens is 1. The predicted molar refractivity (Wildman–Crippen MR) is 132 cm³/mol. The molecular weight excluding hydrogens is 450 g/mol. The normalized spacial score (nSPS) is 22.1. The maximum atomic E-state index is 13.9. The Bertz CT molecular complexity index is 1450. The third kappa shape index (κ3) is 2.92. The van der Waals surface area contributed by atoms with Crippen molar-refractivity contribution in [3.05, 3.63) is 94.6 Å². The average molecular weight is 472 g/mol. The highest BCUT2D eigenvalue weighted by molar-refractivity contribution is 6.32. The van der Waals surface area contributed by atoms with Crippen LogP contribution in [0.2, 0.25) is 5.02 Å². The summed E-state index contributed by atoms with van der Waals surface area (Å²) in [4.78, 5) is 38.5. The first-order chi connectivity index (χ1) is 16.5. The van der Waals surface area contributed by atoms with Gasteiger partial charge in [-0.15, -0.1) is 0 Å². The maximum absolute atomic E-state index is 13.9. The SMILES string of the molecule is Cc1[nH]c2ccccc2c1[C@@H]1[C@@H]2C(=O)N(c3cccc(Cl)c3C)C(=O)[C@H]2ON1c1ccccc1. The second-order valence-electron chi connectivity index (χ2n) is 8.76. The molecule has 0 spiro atoms. The summed E-state index contributed by atoms with van der Waals surface area (Å²) in [6.45, 7) is 3.80. The number of aryl methyl sites for hydroxylation is 1. The average Bonchev–Trinajstić information content (AvgIpc) is 3.46. The molecule has 4 aromatic rings. The van der Waals surface area contributed by atoms with Gasteiger partial charge < -0.3 is 4.98 Å². The number of amides is 2. The Morgan fingerprint density at radius 2 is 1.62 bits per heavy atom. The number of aromatic amines is 1. The summed E-state index contributed by atoms with van der Waals surface area (Å²) < 4.78 is 0. The lowest BCUT2D eigenvalue weighted by atomic mass is 9.89. The van der Waals surface area contributed by atoms with Gasteiger partial charge in [0.05, 0.1) is 17.4 Å². The number of imide groups is 1. The lowest BCUT2D eigenvalue weighted by molar-refractivity contribution is -0.126. The Kier molecular flexibility index (Phi) is 4.76. The number of fused-ring (bicyclic) bond motifs is 2. The highest BCUT2D eigenvalue weighted by Crippen LogP contribution is 2.50. The molecule has 6 nitrogen and oxygen atoms in total. The van der Waals surface area contributed by atoms with Crippen LogP contribution < -0.4 is 9.96 Å². The first kappa shape index (κ1) is 21.0. The Labute approximate surface area is 201 Å². The van der Waals surface area contributed by atoms with E-state index in [4.69, 9.17) is 16.4 Å². The van der Waals surface area contributed by atoms with Crippen molar-refractivity contribution in [2.75, 3.05) is 9.96 Å². The molecule has 34 heavy (non-hydrogen) atoms. The van der Waals surface area contributed by atoms with Crippen LogP contribution in [0.25, 0.3) is 10.9 Å². The summed E-state index contributed by atoms with van der Waals surface area (Å²) >= 11 is 6.31. The molecule has 6 rings (SSSR count). The van der Waals surface area contributed by atoms with Crippen LogP contribution in [0.4, 0.5) is 11.4 Å². The van der Waals surface area contributed by atoms with Crippen molar-refractivity contribution in [1.82, 2.24) is 4.98 Å². The number of benzene rings is 3. The van der Waals surface area contributed by atoms with Gasteiger partial charge in [0.15, 0.2) is 6.10 Å². The first-order valence-electron chi connectivity index (χ1n) is 11.2. The molecule has 0 aliphatic carbocycles. The van der Waals surface area contributed by atoms with Crippen LogP contribution >= 0.6 is 11.6 Å². The van der Waals surface area contributed by atoms with Gasteiger partial charge in [0.25, 0.3) is 5.91 Å². The predicted octanol–water partition coefficient (Wildman–Crippen LogP) is 5.49. The van der Waals surface area contributed by atoms with Crippen LogP contribution in [0.3, 0.4) is 0 Å². The maximum Gasteiger partial charge on any atom is 0.266 e. The van der Waals surface area contributed by atoms with Gasteiger partial charge in [-0.2, -0.15) is 0 Å². The number of nitrogens with zero attached hydrogens (tertiary/aromatic N) is 2. The molecule has 1 aromatic heterocycles. The molecule has 2 amide bonds. The number of hydrogen-bond donors (Lipinski definition) is 1. The van der Waals surface area contributed by atoms with Gasteiger partial charge in [0.2, 0.25) is 5.91 Å². The number of nitrogens with one attached hydrogen (secondary N) is 1. The van der Waals surface area contributed by atoms with E-state index in [1.807, 2.05) is 68.4 Å². The van der Waals surface area contributed by atoms with E-state index in [0.717, 1.165) is 27.8 Å². The standard InChI is InChI=1S/C27H22ClN3O3/c1-15-19(28)12-8-14-21(15)30-26(32)23-24(22-16(2)29-20-13-7-6-11-18(20)22)31(34-25(23)27(30)33)17-9-4-3-5-10-17/h3-14,23-25,29H,1-2H3/t23-,24+,25-/m0/s1. The highest BCUT2D eigenvalue weighted by Gasteiger charge is 2.61. The van der Waals surface area contributed by atoms with E-state index in [1.165, 1.54) is 4.90 Å². The van der Waals surface area contributed by atoms with Crippen molar-refractivity contribution in [3.8, 4) is 0 Å². The number of para-hydroxylation sites is 2.